The molecule has 0 amide bonds. The minimum Gasteiger partial charge on any atom is -0.480 e. The second-order valence-electron chi connectivity index (χ2n) is 1.49. The maximum absolute atomic E-state index is 9.86. The molecule has 0 aliphatic heterocycles. The number of rotatable bonds is 3. The average Bonchev–Trinajstić information content (AvgIpc) is 1.84. The number of aliphatic hydroxyl groups is 1. The van der Waals surface area contributed by atoms with Crippen LogP contribution in [0.1, 0.15) is 0 Å². The van der Waals surface area contributed by atoms with Gasteiger partial charge < -0.3 is 20.7 Å². The lowest BCUT2D eigenvalue weighted by atomic mass is 10.2. The number of aliphatic hydroxyl groups excluding tert-OH is 1. The molecule has 0 aliphatic carbocycles. The first kappa shape index (κ1) is 8.06. The van der Waals surface area contributed by atoms with Crippen molar-refractivity contribution in [1.29, 1.82) is 0 Å². The van der Waals surface area contributed by atoms with Gasteiger partial charge in [0.1, 0.15) is 12.1 Å². The van der Waals surface area contributed by atoms with Crippen molar-refractivity contribution in [3.63, 3.8) is 0 Å². The molecule has 4 N–H and O–H groups in total. The van der Waals surface area contributed by atoms with Gasteiger partial charge in [0.25, 0.3) is 0 Å². The standard InChI is InChI=1S/C4H7NO4/c5-3(4(8)9)2(7)1-6/h1-3,7H,5H2,(H,8,9)/t2?,3-/m0/s1. The van der Waals surface area contributed by atoms with Crippen LogP contribution in [0.3, 0.4) is 0 Å². The van der Waals surface area contributed by atoms with Crippen LogP contribution in [0.4, 0.5) is 0 Å². The maximum Gasteiger partial charge on any atom is 0.323 e. The number of carbonyl (C=O) groups excluding carboxylic acids is 1. The van der Waals surface area contributed by atoms with Crippen molar-refractivity contribution >= 4 is 12.3 Å². The molecule has 5 heteroatoms. The topological polar surface area (TPSA) is 101 Å². The van der Waals surface area contributed by atoms with Gasteiger partial charge in [-0.3, -0.25) is 4.79 Å². The van der Waals surface area contributed by atoms with Crippen LogP contribution in [0.15, 0.2) is 0 Å². The summed E-state index contributed by atoms with van der Waals surface area (Å²) in [6.07, 6.45) is -1.53. The Morgan fingerprint density at radius 2 is 2.11 bits per heavy atom. The molecule has 0 spiro atoms. The van der Waals surface area contributed by atoms with Gasteiger partial charge in [0.05, 0.1) is 0 Å². The fraction of sp³-hybridized carbons (Fsp3) is 0.500. The Bertz CT molecular complexity index is 124. The number of carboxylic acid groups (broad SMARTS) is 1. The molecule has 5 nitrogen and oxygen atoms in total. The summed E-state index contributed by atoms with van der Waals surface area (Å²) in [5.41, 5.74) is 4.79. The minimum absolute atomic E-state index is 0.0821. The lowest BCUT2D eigenvalue weighted by Gasteiger charge is -2.05. The molecular formula is C4H7NO4. The number of aldehydes is 1. The van der Waals surface area contributed by atoms with Crippen LogP contribution in [0.2, 0.25) is 0 Å². The lowest BCUT2D eigenvalue weighted by Crippen LogP contribution is -2.42. The summed E-state index contributed by atoms with van der Waals surface area (Å²) in [6, 6.07) is -1.51. The van der Waals surface area contributed by atoms with E-state index in [-0.39, 0.29) is 6.29 Å². The summed E-state index contributed by atoms with van der Waals surface area (Å²) in [4.78, 5) is 19.5. The highest BCUT2D eigenvalue weighted by atomic mass is 16.4. The number of aliphatic carboxylic acids is 1. The monoisotopic (exact) mass is 133 g/mol. The van der Waals surface area contributed by atoms with Gasteiger partial charge in [-0.2, -0.15) is 0 Å². The van der Waals surface area contributed by atoms with Crippen LogP contribution in [0, 0.1) is 0 Å². The second-order valence-corrected chi connectivity index (χ2v) is 1.49. The van der Waals surface area contributed by atoms with E-state index < -0.39 is 18.1 Å². The largest absolute Gasteiger partial charge is 0.480 e. The molecule has 0 bridgehead atoms. The van der Waals surface area contributed by atoms with Crippen LogP contribution < -0.4 is 5.73 Å². The third-order valence-electron chi connectivity index (χ3n) is 0.793. The molecule has 0 rings (SSSR count). The highest BCUT2D eigenvalue weighted by molar-refractivity contribution is 5.78. The molecule has 2 atom stereocenters. The fourth-order valence-corrected chi connectivity index (χ4v) is 0.231. The Kier molecular flexibility index (Phi) is 2.83. The third-order valence-corrected chi connectivity index (χ3v) is 0.793. The molecule has 0 saturated carbocycles. The van der Waals surface area contributed by atoms with E-state index in [1.807, 2.05) is 0 Å². The molecule has 52 valence electrons. The Balaban J connectivity index is 3.86. The number of hydrogen-bond acceptors (Lipinski definition) is 4. The molecule has 0 saturated heterocycles. The van der Waals surface area contributed by atoms with Crippen molar-refractivity contribution < 1.29 is 19.8 Å². The quantitative estimate of drug-likeness (QED) is 0.385. The molecule has 0 radical (unpaired) electrons. The Hall–Kier alpha value is -0.940. The molecule has 0 fully saturated rings. The smallest absolute Gasteiger partial charge is 0.323 e. The number of carboxylic acids is 1. The average molecular weight is 133 g/mol. The highest BCUT2D eigenvalue weighted by Crippen LogP contribution is 1.84. The van der Waals surface area contributed by atoms with E-state index in [0.29, 0.717) is 0 Å². The maximum atomic E-state index is 9.86. The first-order chi connectivity index (χ1) is 4.09. The summed E-state index contributed by atoms with van der Waals surface area (Å²) < 4.78 is 0. The molecular weight excluding hydrogens is 126 g/mol. The van der Waals surface area contributed by atoms with Crippen molar-refractivity contribution in [1.82, 2.24) is 0 Å². The van der Waals surface area contributed by atoms with Crippen LogP contribution in [-0.2, 0) is 9.59 Å². The first-order valence-corrected chi connectivity index (χ1v) is 2.21. The van der Waals surface area contributed by atoms with Crippen molar-refractivity contribution in [2.24, 2.45) is 5.73 Å². The van der Waals surface area contributed by atoms with Gasteiger partial charge >= 0.3 is 5.97 Å². The van der Waals surface area contributed by atoms with E-state index in [4.69, 9.17) is 15.9 Å². The zero-order valence-electron chi connectivity index (χ0n) is 4.52. The minimum atomic E-state index is -1.61. The van der Waals surface area contributed by atoms with Gasteiger partial charge in [0, 0.05) is 0 Å². The van der Waals surface area contributed by atoms with Crippen molar-refractivity contribution in [3.05, 3.63) is 0 Å². The van der Waals surface area contributed by atoms with Gasteiger partial charge in [-0.25, -0.2) is 0 Å². The van der Waals surface area contributed by atoms with Crippen molar-refractivity contribution in [2.45, 2.75) is 12.1 Å². The van der Waals surface area contributed by atoms with Gasteiger partial charge in [-0.15, -0.1) is 0 Å². The van der Waals surface area contributed by atoms with Gasteiger partial charge in [0.15, 0.2) is 6.29 Å². The van der Waals surface area contributed by atoms with E-state index in [1.165, 1.54) is 0 Å². The number of nitrogens with two attached hydrogens (primary N) is 1. The zero-order chi connectivity index (χ0) is 7.44. The third kappa shape index (κ3) is 2.20. The van der Waals surface area contributed by atoms with Gasteiger partial charge in [-0.05, 0) is 0 Å². The predicted molar refractivity (Wildman–Crippen MR) is 27.7 cm³/mol. The predicted octanol–water partition coefficient (Wildman–Crippen LogP) is -2.04. The summed E-state index contributed by atoms with van der Waals surface area (Å²) in [5, 5.41) is 16.5. The molecule has 0 aromatic carbocycles. The Morgan fingerprint density at radius 1 is 1.67 bits per heavy atom. The van der Waals surface area contributed by atoms with Crippen LogP contribution in [-0.4, -0.2) is 34.6 Å². The number of carbonyl (C=O) groups is 2. The van der Waals surface area contributed by atoms with Crippen LogP contribution in [0.5, 0.6) is 0 Å². The molecule has 0 aromatic heterocycles. The summed E-state index contributed by atoms with van der Waals surface area (Å²) in [6.45, 7) is 0. The van der Waals surface area contributed by atoms with Gasteiger partial charge in [-0.1, -0.05) is 0 Å². The van der Waals surface area contributed by atoms with Gasteiger partial charge in [0.2, 0.25) is 0 Å². The molecule has 0 aliphatic rings. The molecule has 0 heterocycles. The summed E-state index contributed by atoms with van der Waals surface area (Å²) >= 11 is 0. The van der Waals surface area contributed by atoms with Crippen molar-refractivity contribution in [3.8, 4) is 0 Å². The van der Waals surface area contributed by atoms with Crippen LogP contribution >= 0.6 is 0 Å². The fourth-order valence-electron chi connectivity index (χ4n) is 0.231. The van der Waals surface area contributed by atoms with E-state index in [0.717, 1.165) is 0 Å². The van der Waals surface area contributed by atoms with E-state index >= 15 is 0 Å². The molecule has 0 aromatic rings. The SMILES string of the molecule is N[C@H](C(=O)O)C(O)C=O. The van der Waals surface area contributed by atoms with E-state index in [1.54, 1.807) is 0 Å². The Morgan fingerprint density at radius 3 is 2.22 bits per heavy atom. The zero-order valence-corrected chi connectivity index (χ0v) is 4.52. The Labute approximate surface area is 51.1 Å². The number of hydrogen-bond donors (Lipinski definition) is 3. The highest BCUT2D eigenvalue weighted by Gasteiger charge is 2.20. The van der Waals surface area contributed by atoms with E-state index in [2.05, 4.69) is 0 Å². The first-order valence-electron chi connectivity index (χ1n) is 2.21. The summed E-state index contributed by atoms with van der Waals surface area (Å²) in [5.74, 6) is -1.39. The molecule has 1 unspecified atom stereocenters. The van der Waals surface area contributed by atoms with Crippen molar-refractivity contribution in [2.75, 3.05) is 0 Å². The van der Waals surface area contributed by atoms with E-state index in [9.17, 15) is 9.59 Å². The second kappa shape index (κ2) is 3.16. The van der Waals surface area contributed by atoms with Crippen LogP contribution in [0.25, 0.3) is 0 Å². The lowest BCUT2D eigenvalue weighted by molar-refractivity contribution is -0.142. The summed E-state index contributed by atoms with van der Waals surface area (Å²) in [7, 11) is 0. The normalized spacial score (nSPS) is 16.2. The molecule has 9 heavy (non-hydrogen) atoms.